The van der Waals surface area contributed by atoms with Gasteiger partial charge in [-0.05, 0) is 31.2 Å². The number of benzene rings is 2. The Kier molecular flexibility index (Phi) is 4.11. The van der Waals surface area contributed by atoms with Crippen LogP contribution in [-0.4, -0.2) is 20.6 Å². The molecule has 0 bridgehead atoms. The minimum Gasteiger partial charge on any atom is -0.493 e. The van der Waals surface area contributed by atoms with Crippen LogP contribution in [0.1, 0.15) is 24.2 Å². The molecule has 1 unspecified atom stereocenters. The first-order valence-corrected chi connectivity index (χ1v) is 8.84. The smallest absolute Gasteiger partial charge is 0.168 e. The van der Waals surface area contributed by atoms with Gasteiger partial charge in [0, 0.05) is 27.4 Å². The average molecular weight is 418 g/mol. The minimum atomic E-state index is -0.387. The molecule has 134 valence electrons. The summed E-state index contributed by atoms with van der Waals surface area (Å²) in [5.41, 5.74) is 4.02. The van der Waals surface area contributed by atoms with Gasteiger partial charge >= 0.3 is 0 Å². The largest absolute Gasteiger partial charge is 0.493 e. The summed E-state index contributed by atoms with van der Waals surface area (Å²) >= 11 is 3.31. The zero-order valence-electron chi connectivity index (χ0n) is 14.5. The molecule has 0 aromatic heterocycles. The van der Waals surface area contributed by atoms with Crippen LogP contribution < -0.4 is 19.7 Å². The molecule has 26 heavy (non-hydrogen) atoms. The molecule has 1 atom stereocenters. The lowest BCUT2D eigenvalue weighted by Crippen LogP contribution is -2.32. The van der Waals surface area contributed by atoms with Crippen molar-refractivity contribution >= 4 is 39.7 Å². The monoisotopic (exact) mass is 417 g/mol. The van der Waals surface area contributed by atoms with Crippen molar-refractivity contribution in [3.63, 3.8) is 0 Å². The van der Waals surface area contributed by atoms with Gasteiger partial charge in [0.2, 0.25) is 0 Å². The highest BCUT2D eigenvalue weighted by molar-refractivity contribution is 9.10. The molecule has 0 amide bonds. The quantitative estimate of drug-likeness (QED) is 0.767. The van der Waals surface area contributed by atoms with Crippen molar-refractivity contribution in [1.29, 1.82) is 0 Å². The molecule has 7 heteroatoms. The van der Waals surface area contributed by atoms with E-state index in [9.17, 15) is 4.39 Å². The SMILES string of the molecule is COc1cc2c3c(c1OC)C=C(C)N(c1ccc(Br)cc1F)C3N=CN2. The molecule has 5 nitrogen and oxygen atoms in total. The topological polar surface area (TPSA) is 46.1 Å². The van der Waals surface area contributed by atoms with E-state index in [0.717, 1.165) is 22.5 Å². The second-order valence-corrected chi connectivity index (χ2v) is 6.95. The minimum absolute atomic E-state index is 0.314. The number of aliphatic imine (C=N–C) groups is 1. The summed E-state index contributed by atoms with van der Waals surface area (Å²) < 4.78 is 26.4. The molecule has 2 aliphatic heterocycles. The molecular weight excluding hydrogens is 401 g/mol. The van der Waals surface area contributed by atoms with Crippen molar-refractivity contribution < 1.29 is 13.9 Å². The number of rotatable bonds is 3. The lowest BCUT2D eigenvalue weighted by atomic mass is 9.94. The Bertz CT molecular complexity index is 958. The summed E-state index contributed by atoms with van der Waals surface area (Å²) in [7, 11) is 3.22. The van der Waals surface area contributed by atoms with E-state index in [1.165, 1.54) is 6.07 Å². The van der Waals surface area contributed by atoms with Gasteiger partial charge in [0.25, 0.3) is 0 Å². The van der Waals surface area contributed by atoms with Gasteiger partial charge in [0.05, 0.1) is 31.9 Å². The van der Waals surface area contributed by atoms with Crippen LogP contribution in [0.15, 0.2) is 39.4 Å². The predicted molar refractivity (Wildman–Crippen MR) is 105 cm³/mol. The Labute approximate surface area is 159 Å². The Balaban J connectivity index is 1.96. The average Bonchev–Trinajstić information content (AvgIpc) is 2.62. The van der Waals surface area contributed by atoms with Crippen LogP contribution in [0, 0.1) is 5.82 Å². The van der Waals surface area contributed by atoms with Crippen molar-refractivity contribution in [2.24, 2.45) is 4.99 Å². The summed E-state index contributed by atoms with van der Waals surface area (Å²) in [4.78, 5) is 6.46. The van der Waals surface area contributed by atoms with Gasteiger partial charge < -0.3 is 19.7 Å². The molecule has 4 rings (SSSR count). The second-order valence-electron chi connectivity index (χ2n) is 6.03. The lowest BCUT2D eigenvalue weighted by Gasteiger charge is -2.39. The molecule has 0 aliphatic carbocycles. The highest BCUT2D eigenvalue weighted by Crippen LogP contribution is 2.50. The molecule has 2 heterocycles. The number of hydrogen-bond acceptors (Lipinski definition) is 5. The molecule has 2 aromatic rings. The molecular formula is C19H17BrFN3O2. The van der Waals surface area contributed by atoms with E-state index in [-0.39, 0.29) is 12.0 Å². The molecule has 0 saturated carbocycles. The van der Waals surface area contributed by atoms with Crippen molar-refractivity contribution in [3.05, 3.63) is 51.4 Å². The molecule has 2 aromatic carbocycles. The maximum atomic E-state index is 14.7. The Morgan fingerprint density at radius 1 is 1.23 bits per heavy atom. The van der Waals surface area contributed by atoms with Gasteiger partial charge in [-0.1, -0.05) is 15.9 Å². The predicted octanol–water partition coefficient (Wildman–Crippen LogP) is 4.94. The molecule has 0 fully saturated rings. The van der Waals surface area contributed by atoms with E-state index in [1.54, 1.807) is 26.6 Å². The Morgan fingerprint density at radius 3 is 2.73 bits per heavy atom. The zero-order valence-corrected chi connectivity index (χ0v) is 16.1. The summed E-state index contributed by atoms with van der Waals surface area (Å²) in [6, 6.07) is 6.90. The Morgan fingerprint density at radius 2 is 2.04 bits per heavy atom. The molecule has 2 aliphatic rings. The van der Waals surface area contributed by atoms with E-state index < -0.39 is 0 Å². The first-order valence-electron chi connectivity index (χ1n) is 8.04. The van der Waals surface area contributed by atoms with Crippen molar-refractivity contribution in [2.45, 2.75) is 13.1 Å². The standard InChI is InChI=1S/C19H17BrFN3O2/c1-10-6-12-17-14(8-16(25-2)18(12)26-3)22-9-23-19(17)24(10)15-5-4-11(20)7-13(15)21/h4-9,19H,1-3H3,(H,22,23). The maximum absolute atomic E-state index is 14.7. The van der Waals surface area contributed by atoms with Crippen LogP contribution in [0.2, 0.25) is 0 Å². The number of methoxy groups -OCH3 is 2. The van der Waals surface area contributed by atoms with Crippen molar-refractivity contribution in [1.82, 2.24) is 0 Å². The van der Waals surface area contributed by atoms with Crippen molar-refractivity contribution in [3.8, 4) is 11.5 Å². The number of nitrogens with zero attached hydrogens (tertiary/aromatic N) is 2. The van der Waals surface area contributed by atoms with E-state index in [4.69, 9.17) is 9.47 Å². The first-order chi connectivity index (χ1) is 12.5. The van der Waals surface area contributed by atoms with Crippen LogP contribution in [0.4, 0.5) is 15.8 Å². The number of hydrogen-bond donors (Lipinski definition) is 1. The van der Waals surface area contributed by atoms with Gasteiger partial charge in [0.15, 0.2) is 17.7 Å². The van der Waals surface area contributed by atoms with Crippen LogP contribution in [0.5, 0.6) is 11.5 Å². The lowest BCUT2D eigenvalue weighted by molar-refractivity contribution is 0.353. The molecule has 0 radical (unpaired) electrons. The zero-order chi connectivity index (χ0) is 18.4. The van der Waals surface area contributed by atoms with Gasteiger partial charge in [-0.2, -0.15) is 0 Å². The number of ether oxygens (including phenoxy) is 2. The van der Waals surface area contributed by atoms with Crippen LogP contribution in [0.3, 0.4) is 0 Å². The fourth-order valence-corrected chi connectivity index (χ4v) is 3.83. The van der Waals surface area contributed by atoms with Crippen LogP contribution >= 0.6 is 15.9 Å². The maximum Gasteiger partial charge on any atom is 0.168 e. The van der Waals surface area contributed by atoms with Crippen LogP contribution in [0.25, 0.3) is 6.08 Å². The van der Waals surface area contributed by atoms with E-state index in [1.807, 2.05) is 30.0 Å². The van der Waals surface area contributed by atoms with Gasteiger partial charge in [0.1, 0.15) is 5.82 Å². The van der Waals surface area contributed by atoms with Gasteiger partial charge in [-0.15, -0.1) is 0 Å². The van der Waals surface area contributed by atoms with E-state index >= 15 is 0 Å². The van der Waals surface area contributed by atoms with Gasteiger partial charge in [-0.3, -0.25) is 0 Å². The number of allylic oxidation sites excluding steroid dienone is 1. The number of anilines is 2. The molecule has 1 N–H and O–H groups in total. The first kappa shape index (κ1) is 16.9. The third-order valence-electron chi connectivity index (χ3n) is 4.59. The molecule has 0 saturated heterocycles. The van der Waals surface area contributed by atoms with Crippen LogP contribution in [-0.2, 0) is 0 Å². The van der Waals surface area contributed by atoms with E-state index in [2.05, 4.69) is 26.2 Å². The molecule has 0 spiro atoms. The normalized spacial score (nSPS) is 17.3. The van der Waals surface area contributed by atoms with Gasteiger partial charge in [-0.25, -0.2) is 9.38 Å². The highest BCUT2D eigenvalue weighted by Gasteiger charge is 2.35. The van der Waals surface area contributed by atoms with E-state index in [0.29, 0.717) is 21.7 Å². The third kappa shape index (κ3) is 2.46. The number of nitrogens with one attached hydrogen (secondary N) is 1. The number of halogens is 2. The fraction of sp³-hybridized carbons (Fsp3) is 0.211. The third-order valence-corrected chi connectivity index (χ3v) is 5.08. The fourth-order valence-electron chi connectivity index (χ4n) is 3.49. The highest BCUT2D eigenvalue weighted by atomic mass is 79.9. The summed E-state index contributed by atoms with van der Waals surface area (Å²) in [5.74, 6) is 0.965. The summed E-state index contributed by atoms with van der Waals surface area (Å²) in [6.07, 6.45) is 3.22. The summed E-state index contributed by atoms with van der Waals surface area (Å²) in [5, 5.41) is 3.15. The summed E-state index contributed by atoms with van der Waals surface area (Å²) in [6.45, 7) is 1.93. The second kappa shape index (κ2) is 6.32. The Hall–Kier alpha value is -2.54. The van der Waals surface area contributed by atoms with Crippen molar-refractivity contribution in [2.75, 3.05) is 24.4 Å².